The van der Waals surface area contributed by atoms with E-state index >= 15 is 0 Å². The van der Waals surface area contributed by atoms with E-state index in [0.29, 0.717) is 16.4 Å². The van der Waals surface area contributed by atoms with Gasteiger partial charge in [0.25, 0.3) is 17.7 Å². The minimum Gasteiger partial charge on any atom is -0.457 e. The van der Waals surface area contributed by atoms with Crippen LogP contribution in [0.15, 0.2) is 78.9 Å². The Labute approximate surface area is 149 Å². The number of benzene rings is 3. The fourth-order valence-electron chi connectivity index (χ4n) is 2.79. The van der Waals surface area contributed by atoms with E-state index in [4.69, 9.17) is 4.74 Å². The molecule has 26 heavy (non-hydrogen) atoms. The molecule has 5 nitrogen and oxygen atoms in total. The number of hydrogen-bond donors (Lipinski definition) is 0. The molecular formula is C21H13NO4. The normalized spacial score (nSPS) is 12.8. The summed E-state index contributed by atoms with van der Waals surface area (Å²) >= 11 is 0. The van der Waals surface area contributed by atoms with Crippen molar-refractivity contribution in [2.45, 2.75) is 0 Å². The molecule has 0 atom stereocenters. The summed E-state index contributed by atoms with van der Waals surface area (Å²) in [6.45, 7) is 0. The zero-order valence-corrected chi connectivity index (χ0v) is 13.6. The van der Waals surface area contributed by atoms with E-state index in [1.807, 2.05) is 30.3 Å². The fraction of sp³-hybridized carbons (Fsp3) is 0. The smallest absolute Gasteiger partial charge is 0.268 e. The maximum atomic E-state index is 12.6. The average molecular weight is 343 g/mol. The Morgan fingerprint density at radius 1 is 0.654 bits per heavy atom. The number of ether oxygens (including phenoxy) is 1. The van der Waals surface area contributed by atoms with Crippen LogP contribution in [0.25, 0.3) is 0 Å². The third-order valence-corrected chi connectivity index (χ3v) is 4.08. The lowest BCUT2D eigenvalue weighted by Crippen LogP contribution is -2.36. The van der Waals surface area contributed by atoms with Crippen LogP contribution in [-0.4, -0.2) is 22.6 Å². The van der Waals surface area contributed by atoms with Crippen molar-refractivity contribution in [1.82, 2.24) is 4.90 Å². The summed E-state index contributed by atoms with van der Waals surface area (Å²) in [5.41, 5.74) is 0.727. The van der Waals surface area contributed by atoms with E-state index in [2.05, 4.69) is 0 Å². The Morgan fingerprint density at radius 2 is 1.15 bits per heavy atom. The van der Waals surface area contributed by atoms with Crippen LogP contribution in [-0.2, 0) is 0 Å². The topological polar surface area (TPSA) is 63.7 Å². The molecule has 0 N–H and O–H groups in total. The number of imide groups is 3. The van der Waals surface area contributed by atoms with Crippen molar-refractivity contribution in [3.05, 3.63) is 95.6 Å². The van der Waals surface area contributed by atoms with E-state index in [9.17, 15) is 14.4 Å². The Balaban J connectivity index is 1.56. The maximum Gasteiger partial charge on any atom is 0.268 e. The molecular weight excluding hydrogens is 330 g/mol. The van der Waals surface area contributed by atoms with E-state index < -0.39 is 17.7 Å². The number of hydrogen-bond acceptors (Lipinski definition) is 4. The summed E-state index contributed by atoms with van der Waals surface area (Å²) in [5, 5.41) is 0. The molecule has 5 heteroatoms. The van der Waals surface area contributed by atoms with E-state index in [1.54, 1.807) is 36.4 Å². The number of para-hydroxylation sites is 1. The average Bonchev–Trinajstić information content (AvgIpc) is 2.94. The van der Waals surface area contributed by atoms with Crippen molar-refractivity contribution in [2.24, 2.45) is 0 Å². The van der Waals surface area contributed by atoms with Crippen LogP contribution < -0.4 is 4.74 Å². The molecule has 1 aliphatic rings. The van der Waals surface area contributed by atoms with Gasteiger partial charge in [-0.1, -0.05) is 30.3 Å². The molecule has 4 rings (SSSR count). The first-order valence-electron chi connectivity index (χ1n) is 8.00. The SMILES string of the molecule is O=C(c1ccc(Oc2ccccc2)cc1)N1C(=O)c2ccccc2C1=O. The Kier molecular flexibility index (Phi) is 3.82. The lowest BCUT2D eigenvalue weighted by atomic mass is 10.1. The highest BCUT2D eigenvalue weighted by molar-refractivity contribution is 6.31. The molecule has 3 aromatic rings. The minimum absolute atomic E-state index is 0.236. The molecule has 3 amide bonds. The second kappa shape index (κ2) is 6.29. The number of fused-ring (bicyclic) bond motifs is 1. The van der Waals surface area contributed by atoms with Gasteiger partial charge in [0.2, 0.25) is 0 Å². The fourth-order valence-corrected chi connectivity index (χ4v) is 2.79. The minimum atomic E-state index is -0.650. The van der Waals surface area contributed by atoms with Crippen LogP contribution in [0, 0.1) is 0 Å². The van der Waals surface area contributed by atoms with Crippen LogP contribution in [0.2, 0.25) is 0 Å². The molecule has 0 unspecified atom stereocenters. The van der Waals surface area contributed by atoms with Crippen LogP contribution >= 0.6 is 0 Å². The van der Waals surface area contributed by atoms with Crippen LogP contribution in [0.4, 0.5) is 0 Å². The number of carbonyl (C=O) groups excluding carboxylic acids is 3. The van der Waals surface area contributed by atoms with Gasteiger partial charge in [-0.25, -0.2) is 4.90 Å². The van der Waals surface area contributed by atoms with Gasteiger partial charge in [0, 0.05) is 5.56 Å². The van der Waals surface area contributed by atoms with Gasteiger partial charge < -0.3 is 4.74 Å². The van der Waals surface area contributed by atoms with Crippen molar-refractivity contribution >= 4 is 17.7 Å². The molecule has 0 aromatic heterocycles. The van der Waals surface area contributed by atoms with Gasteiger partial charge in [0.1, 0.15) is 11.5 Å². The lowest BCUT2D eigenvalue weighted by molar-refractivity contribution is 0.0566. The third-order valence-electron chi connectivity index (χ3n) is 4.08. The molecule has 1 aliphatic heterocycles. The standard InChI is InChI=1S/C21H13NO4/c23-19(22-20(24)17-8-4-5-9-18(17)21(22)25)14-10-12-16(13-11-14)26-15-6-2-1-3-7-15/h1-13H. The highest BCUT2D eigenvalue weighted by Gasteiger charge is 2.39. The van der Waals surface area contributed by atoms with Crippen molar-refractivity contribution in [1.29, 1.82) is 0 Å². The quantitative estimate of drug-likeness (QED) is 0.676. The molecule has 0 saturated heterocycles. The largest absolute Gasteiger partial charge is 0.457 e. The second-order valence-corrected chi connectivity index (χ2v) is 5.74. The number of rotatable bonds is 3. The van der Waals surface area contributed by atoms with Crippen molar-refractivity contribution in [2.75, 3.05) is 0 Å². The summed E-state index contributed by atoms with van der Waals surface area (Å²) < 4.78 is 5.67. The first-order chi connectivity index (χ1) is 12.6. The second-order valence-electron chi connectivity index (χ2n) is 5.74. The van der Waals surface area contributed by atoms with Gasteiger partial charge in [-0.3, -0.25) is 14.4 Å². The van der Waals surface area contributed by atoms with Gasteiger partial charge in [0.05, 0.1) is 11.1 Å². The molecule has 0 aliphatic carbocycles. The summed E-state index contributed by atoms with van der Waals surface area (Å²) in [4.78, 5) is 38.1. The van der Waals surface area contributed by atoms with Crippen LogP contribution in [0.5, 0.6) is 11.5 Å². The highest BCUT2D eigenvalue weighted by atomic mass is 16.5. The molecule has 0 fully saturated rings. The Bertz CT molecular complexity index is 975. The zero-order chi connectivity index (χ0) is 18.1. The van der Waals surface area contributed by atoms with E-state index in [-0.39, 0.29) is 16.7 Å². The number of nitrogens with zero attached hydrogens (tertiary/aromatic N) is 1. The monoisotopic (exact) mass is 343 g/mol. The number of carbonyl (C=O) groups is 3. The maximum absolute atomic E-state index is 12.6. The molecule has 0 radical (unpaired) electrons. The molecule has 0 bridgehead atoms. The van der Waals surface area contributed by atoms with Gasteiger partial charge in [-0.05, 0) is 48.5 Å². The summed E-state index contributed by atoms with van der Waals surface area (Å²) in [6, 6.07) is 21.9. The summed E-state index contributed by atoms with van der Waals surface area (Å²) in [7, 11) is 0. The molecule has 3 aromatic carbocycles. The van der Waals surface area contributed by atoms with Crippen molar-refractivity contribution in [3.8, 4) is 11.5 Å². The molecule has 1 heterocycles. The van der Waals surface area contributed by atoms with Gasteiger partial charge >= 0.3 is 0 Å². The van der Waals surface area contributed by atoms with Crippen molar-refractivity contribution in [3.63, 3.8) is 0 Å². The predicted octanol–water partition coefficient (Wildman–Crippen LogP) is 3.92. The predicted molar refractivity (Wildman–Crippen MR) is 94.2 cm³/mol. The molecule has 0 saturated carbocycles. The number of amides is 3. The van der Waals surface area contributed by atoms with Crippen LogP contribution in [0.3, 0.4) is 0 Å². The van der Waals surface area contributed by atoms with E-state index in [1.165, 1.54) is 12.1 Å². The van der Waals surface area contributed by atoms with Crippen molar-refractivity contribution < 1.29 is 19.1 Å². The first kappa shape index (κ1) is 15.8. The zero-order valence-electron chi connectivity index (χ0n) is 13.6. The summed E-state index contributed by atoms with van der Waals surface area (Å²) in [6.07, 6.45) is 0. The van der Waals surface area contributed by atoms with E-state index in [0.717, 1.165) is 0 Å². The molecule has 126 valence electrons. The highest BCUT2D eigenvalue weighted by Crippen LogP contribution is 2.26. The third kappa shape index (κ3) is 2.65. The summed E-state index contributed by atoms with van der Waals surface area (Å²) in [5.74, 6) is -0.620. The Morgan fingerprint density at radius 3 is 1.73 bits per heavy atom. The first-order valence-corrected chi connectivity index (χ1v) is 8.00. The van der Waals surface area contributed by atoms with Gasteiger partial charge in [-0.15, -0.1) is 0 Å². The van der Waals surface area contributed by atoms with Gasteiger partial charge in [0.15, 0.2) is 0 Å². The van der Waals surface area contributed by atoms with Gasteiger partial charge in [-0.2, -0.15) is 0 Å². The Hall–Kier alpha value is -3.73. The lowest BCUT2D eigenvalue weighted by Gasteiger charge is -2.12. The molecule has 0 spiro atoms. The van der Waals surface area contributed by atoms with Crippen LogP contribution in [0.1, 0.15) is 31.1 Å².